The van der Waals surface area contributed by atoms with Crippen LogP contribution in [0.15, 0.2) is 83.8 Å². The van der Waals surface area contributed by atoms with Crippen molar-refractivity contribution >= 4 is 10.0 Å². The summed E-state index contributed by atoms with van der Waals surface area (Å²) in [5, 5.41) is 10.8. The molecule has 0 heterocycles. The Balaban J connectivity index is 1.68. The molecule has 9 heteroatoms. The Morgan fingerprint density at radius 3 is 1.97 bits per heavy atom. The van der Waals surface area contributed by atoms with E-state index in [1.807, 2.05) is 42.5 Å². The van der Waals surface area contributed by atoms with Gasteiger partial charge < -0.3 is 9.84 Å². The number of aliphatic hydroxyl groups is 1. The molecule has 0 aromatic heterocycles. The largest absolute Gasteiger partial charge is 0.573 e. The molecular formula is C22H20F3NO4S. The average molecular weight is 451 g/mol. The van der Waals surface area contributed by atoms with Crippen molar-refractivity contribution in [3.8, 4) is 16.9 Å². The third-order valence-corrected chi connectivity index (χ3v) is 6.01. The Kier molecular flexibility index (Phi) is 6.40. The molecule has 0 aliphatic carbocycles. The molecule has 31 heavy (non-hydrogen) atoms. The van der Waals surface area contributed by atoms with Gasteiger partial charge in [0, 0.05) is 6.54 Å². The lowest BCUT2D eigenvalue weighted by Crippen LogP contribution is -2.38. The van der Waals surface area contributed by atoms with Gasteiger partial charge in [-0.25, -0.2) is 13.1 Å². The minimum Gasteiger partial charge on any atom is -0.406 e. The van der Waals surface area contributed by atoms with E-state index in [1.165, 1.54) is 6.92 Å². The van der Waals surface area contributed by atoms with Gasteiger partial charge in [-0.3, -0.25) is 0 Å². The fourth-order valence-corrected chi connectivity index (χ4v) is 4.03. The second kappa shape index (κ2) is 8.70. The Bertz CT molecular complexity index is 1110. The van der Waals surface area contributed by atoms with E-state index in [1.54, 1.807) is 12.1 Å². The third kappa shape index (κ3) is 6.06. The van der Waals surface area contributed by atoms with E-state index >= 15 is 0 Å². The maximum absolute atomic E-state index is 12.5. The van der Waals surface area contributed by atoms with Crippen LogP contribution in [0.2, 0.25) is 0 Å². The van der Waals surface area contributed by atoms with Crippen LogP contribution in [0, 0.1) is 0 Å². The molecule has 0 fully saturated rings. The van der Waals surface area contributed by atoms with Gasteiger partial charge in [0.2, 0.25) is 10.0 Å². The second-order valence-corrected chi connectivity index (χ2v) is 8.83. The summed E-state index contributed by atoms with van der Waals surface area (Å²) < 4.78 is 67.6. The fourth-order valence-electron chi connectivity index (χ4n) is 2.89. The summed E-state index contributed by atoms with van der Waals surface area (Å²) in [6.07, 6.45) is -4.87. The Morgan fingerprint density at radius 1 is 0.871 bits per heavy atom. The maximum atomic E-state index is 12.5. The van der Waals surface area contributed by atoms with E-state index in [2.05, 4.69) is 9.46 Å². The van der Waals surface area contributed by atoms with Gasteiger partial charge in [0.15, 0.2) is 0 Å². The van der Waals surface area contributed by atoms with Crippen LogP contribution >= 0.6 is 0 Å². The molecule has 0 amide bonds. The van der Waals surface area contributed by atoms with E-state index in [9.17, 15) is 26.7 Å². The van der Waals surface area contributed by atoms with Crippen molar-refractivity contribution in [1.29, 1.82) is 0 Å². The highest BCUT2D eigenvalue weighted by Gasteiger charge is 2.31. The summed E-state index contributed by atoms with van der Waals surface area (Å²) in [5.41, 5.74) is 0.944. The lowest BCUT2D eigenvalue weighted by molar-refractivity contribution is -0.274. The predicted molar refractivity (Wildman–Crippen MR) is 110 cm³/mol. The van der Waals surface area contributed by atoms with Crippen molar-refractivity contribution in [2.75, 3.05) is 6.54 Å². The summed E-state index contributed by atoms with van der Waals surface area (Å²) in [6.45, 7) is 1.13. The van der Waals surface area contributed by atoms with Crippen molar-refractivity contribution < 1.29 is 31.4 Å². The number of benzene rings is 3. The summed E-state index contributed by atoms with van der Waals surface area (Å²) in [4.78, 5) is -0.253. The first-order valence-corrected chi connectivity index (χ1v) is 10.7. The SMILES string of the molecule is CC(O)(CNS(=O)(=O)c1ccc(OC(F)(F)F)cc1)c1ccc(-c2ccccc2)cc1. The molecule has 0 spiro atoms. The van der Waals surface area contributed by atoms with Gasteiger partial charge in [-0.2, -0.15) is 0 Å². The summed E-state index contributed by atoms with van der Waals surface area (Å²) in [5.74, 6) is -0.531. The molecule has 2 N–H and O–H groups in total. The number of hydrogen-bond donors (Lipinski definition) is 2. The smallest absolute Gasteiger partial charge is 0.406 e. The molecule has 0 bridgehead atoms. The Labute approximate surface area is 178 Å². The van der Waals surface area contributed by atoms with Crippen LogP contribution in [0.3, 0.4) is 0 Å². The standard InChI is InChI=1S/C22H20F3NO4S/c1-21(27,18-9-7-17(8-10-18)16-5-3-2-4-6-16)15-26-31(28,29)20-13-11-19(12-14-20)30-22(23,24)25/h2-14,26-27H,15H2,1H3. The van der Waals surface area contributed by atoms with Crippen LogP contribution in [0.1, 0.15) is 12.5 Å². The highest BCUT2D eigenvalue weighted by molar-refractivity contribution is 7.89. The summed E-state index contributed by atoms with van der Waals surface area (Å²) >= 11 is 0. The summed E-state index contributed by atoms with van der Waals surface area (Å²) in [7, 11) is -4.06. The summed E-state index contributed by atoms with van der Waals surface area (Å²) in [6, 6.07) is 20.5. The Morgan fingerprint density at radius 2 is 1.42 bits per heavy atom. The van der Waals surface area contributed by atoms with Crippen LogP contribution in [-0.4, -0.2) is 26.4 Å². The van der Waals surface area contributed by atoms with Crippen molar-refractivity contribution in [3.05, 3.63) is 84.4 Å². The molecule has 0 saturated heterocycles. The Hall–Kier alpha value is -2.88. The third-order valence-electron chi connectivity index (χ3n) is 4.59. The minimum absolute atomic E-state index is 0.253. The highest BCUT2D eigenvalue weighted by Crippen LogP contribution is 2.26. The fraction of sp³-hybridized carbons (Fsp3) is 0.182. The molecule has 1 atom stereocenters. The van der Waals surface area contributed by atoms with Gasteiger partial charge in [-0.05, 0) is 47.9 Å². The van der Waals surface area contributed by atoms with Gasteiger partial charge in [0.05, 0.1) is 4.90 Å². The second-order valence-electron chi connectivity index (χ2n) is 7.06. The molecule has 3 aromatic rings. The first-order valence-electron chi connectivity index (χ1n) is 9.20. The monoisotopic (exact) mass is 451 g/mol. The predicted octanol–water partition coefficient (Wildman–Crippen LogP) is 4.44. The molecule has 3 rings (SSSR count). The van der Waals surface area contributed by atoms with Crippen LogP contribution in [-0.2, 0) is 15.6 Å². The quantitative estimate of drug-likeness (QED) is 0.557. The molecule has 0 radical (unpaired) electrons. The number of nitrogens with one attached hydrogen (secondary N) is 1. The van der Waals surface area contributed by atoms with E-state index in [0.29, 0.717) is 5.56 Å². The molecule has 164 valence electrons. The van der Waals surface area contributed by atoms with Gasteiger partial charge in [-0.1, -0.05) is 54.6 Å². The van der Waals surface area contributed by atoms with E-state index < -0.39 is 27.7 Å². The van der Waals surface area contributed by atoms with Crippen LogP contribution < -0.4 is 9.46 Å². The van der Waals surface area contributed by atoms with Crippen LogP contribution in [0.5, 0.6) is 5.75 Å². The van der Waals surface area contributed by atoms with Gasteiger partial charge in [-0.15, -0.1) is 13.2 Å². The average Bonchev–Trinajstić information content (AvgIpc) is 2.72. The number of ether oxygens (including phenoxy) is 1. The molecule has 0 aliphatic rings. The molecule has 0 aliphatic heterocycles. The maximum Gasteiger partial charge on any atom is 0.573 e. The van der Waals surface area contributed by atoms with Gasteiger partial charge >= 0.3 is 6.36 Å². The first-order chi connectivity index (χ1) is 14.5. The topological polar surface area (TPSA) is 75.6 Å². The number of halogens is 3. The van der Waals surface area contributed by atoms with Crippen LogP contribution in [0.25, 0.3) is 11.1 Å². The molecule has 3 aromatic carbocycles. The van der Waals surface area contributed by atoms with Crippen molar-refractivity contribution in [2.24, 2.45) is 0 Å². The number of rotatable bonds is 7. The lowest BCUT2D eigenvalue weighted by atomic mass is 9.94. The van der Waals surface area contributed by atoms with Crippen molar-refractivity contribution in [2.45, 2.75) is 23.8 Å². The molecule has 0 saturated carbocycles. The van der Waals surface area contributed by atoms with Crippen molar-refractivity contribution in [1.82, 2.24) is 4.72 Å². The van der Waals surface area contributed by atoms with Crippen LogP contribution in [0.4, 0.5) is 13.2 Å². The first kappa shape index (κ1) is 22.8. The number of sulfonamides is 1. The normalized spacial score (nSPS) is 14.1. The van der Waals surface area contributed by atoms with E-state index in [-0.39, 0.29) is 11.4 Å². The molecule has 5 nitrogen and oxygen atoms in total. The van der Waals surface area contributed by atoms with E-state index in [4.69, 9.17) is 0 Å². The zero-order valence-electron chi connectivity index (χ0n) is 16.4. The molecular weight excluding hydrogens is 431 g/mol. The van der Waals surface area contributed by atoms with Gasteiger partial charge in [0.25, 0.3) is 0 Å². The van der Waals surface area contributed by atoms with Gasteiger partial charge in [0.1, 0.15) is 11.4 Å². The van der Waals surface area contributed by atoms with E-state index in [0.717, 1.165) is 35.4 Å². The zero-order valence-corrected chi connectivity index (χ0v) is 17.2. The van der Waals surface area contributed by atoms with Crippen molar-refractivity contribution in [3.63, 3.8) is 0 Å². The number of hydrogen-bond acceptors (Lipinski definition) is 4. The zero-order chi connectivity index (χ0) is 22.7. The lowest BCUT2D eigenvalue weighted by Gasteiger charge is -2.24. The highest BCUT2D eigenvalue weighted by atomic mass is 32.2. The molecule has 1 unspecified atom stereocenters. The minimum atomic E-state index is -4.87. The number of alkyl halides is 3.